The zero-order valence-electron chi connectivity index (χ0n) is 25.2. The second-order valence-corrected chi connectivity index (χ2v) is 15.4. The molecule has 0 radical (unpaired) electrons. The van der Waals surface area contributed by atoms with Gasteiger partial charge < -0.3 is 30.3 Å². The van der Waals surface area contributed by atoms with Gasteiger partial charge >= 0.3 is 0 Å². The Morgan fingerprint density at radius 1 is 0.541 bits per heavy atom. The molecule has 0 aliphatic heterocycles. The maximum Gasteiger partial charge on any atom is 0 e. The molecule has 216 valence electrons. The van der Waals surface area contributed by atoms with Crippen LogP contribution in [0.1, 0.15) is 130 Å². The summed E-state index contributed by atoms with van der Waals surface area (Å²) in [6.07, 6.45) is 28.7. The molecule has 37 heavy (non-hydrogen) atoms. The average molecular weight is 709 g/mol. The summed E-state index contributed by atoms with van der Waals surface area (Å²) in [5.41, 5.74) is 0. The first-order valence-corrected chi connectivity index (χ1v) is 19.1. The van der Waals surface area contributed by atoms with Gasteiger partial charge in [0.1, 0.15) is 0 Å². The van der Waals surface area contributed by atoms with Gasteiger partial charge in [-0.25, -0.2) is 12.1 Å². The Bertz CT molecular complexity index is 579. The minimum absolute atomic E-state index is 0. The molecule has 0 aliphatic rings. The molecule has 0 saturated heterocycles. The van der Waals surface area contributed by atoms with Crippen LogP contribution in [0.15, 0.2) is 48.5 Å². The minimum atomic E-state index is 0. The molecule has 0 spiro atoms. The van der Waals surface area contributed by atoms with E-state index in [0.29, 0.717) is 0 Å². The van der Waals surface area contributed by atoms with E-state index in [9.17, 15) is 0 Å². The SMILES string of the molecule is CCCCCCP(CCCCCC)c1ccc[c-]1P(CCCCCC)CCCCCC.[Hf].[cH-]1[cH-][cH-][cH-][cH-]1. The fraction of sp³-hybridized carbons (Fsp3) is 0.706. The second kappa shape index (κ2) is 28.0. The number of rotatable bonds is 22. The number of hydrogen-bond acceptors (Lipinski definition) is 0. The van der Waals surface area contributed by atoms with Crippen molar-refractivity contribution >= 4 is 26.5 Å². The molecule has 2 aromatic rings. The molecule has 2 aromatic carbocycles. The van der Waals surface area contributed by atoms with E-state index in [0.717, 1.165) is 0 Å². The van der Waals surface area contributed by atoms with Crippen LogP contribution in [0.4, 0.5) is 0 Å². The summed E-state index contributed by atoms with van der Waals surface area (Å²) in [5, 5.41) is 3.69. The van der Waals surface area contributed by atoms with Gasteiger partial charge in [0.05, 0.1) is 0 Å². The number of hydrogen-bond donors (Lipinski definition) is 0. The Balaban J connectivity index is 0.00000192. The van der Waals surface area contributed by atoms with Crippen molar-refractivity contribution in [1.29, 1.82) is 0 Å². The molecule has 0 nitrogen and oxygen atoms in total. The van der Waals surface area contributed by atoms with Gasteiger partial charge in [0, 0.05) is 25.8 Å². The van der Waals surface area contributed by atoms with Crippen LogP contribution in [-0.2, 0) is 25.8 Å². The molecular formula is C34H60HfP2-6. The molecule has 0 unspecified atom stereocenters. The van der Waals surface area contributed by atoms with Crippen molar-refractivity contribution in [2.24, 2.45) is 0 Å². The van der Waals surface area contributed by atoms with Crippen molar-refractivity contribution in [3.8, 4) is 0 Å². The largest absolute Gasteiger partial charge is 0.748 e. The topological polar surface area (TPSA) is 0 Å². The predicted octanol–water partition coefficient (Wildman–Crippen LogP) is 11.3. The van der Waals surface area contributed by atoms with Crippen LogP contribution < -0.4 is 10.6 Å². The smallest absolute Gasteiger partial charge is 0 e. The minimum Gasteiger partial charge on any atom is -0.748 e. The Morgan fingerprint density at radius 3 is 1.30 bits per heavy atom. The average Bonchev–Trinajstić information content (AvgIpc) is 3.63. The molecule has 0 N–H and O–H groups in total. The van der Waals surface area contributed by atoms with Crippen molar-refractivity contribution in [3.63, 3.8) is 0 Å². The van der Waals surface area contributed by atoms with E-state index < -0.39 is 0 Å². The molecular weight excluding hydrogens is 649 g/mol. The zero-order chi connectivity index (χ0) is 26.1. The van der Waals surface area contributed by atoms with Gasteiger partial charge in [-0.05, 0) is 50.3 Å². The first kappa shape index (κ1) is 37.4. The van der Waals surface area contributed by atoms with Crippen LogP contribution in [-0.4, -0.2) is 24.6 Å². The third-order valence-corrected chi connectivity index (χ3v) is 12.9. The van der Waals surface area contributed by atoms with E-state index in [1.165, 1.54) is 127 Å². The van der Waals surface area contributed by atoms with Crippen molar-refractivity contribution in [1.82, 2.24) is 0 Å². The summed E-state index contributed by atoms with van der Waals surface area (Å²) in [5.74, 6) is 0. The molecule has 0 heterocycles. The Kier molecular flexibility index (Phi) is 28.3. The van der Waals surface area contributed by atoms with Crippen LogP contribution in [0.5, 0.6) is 0 Å². The fourth-order valence-electron chi connectivity index (χ4n) is 4.88. The Labute approximate surface area is 254 Å². The van der Waals surface area contributed by atoms with Crippen LogP contribution in [0.3, 0.4) is 0 Å². The molecule has 0 amide bonds. The fourth-order valence-corrected chi connectivity index (χ4v) is 11.0. The van der Waals surface area contributed by atoms with Crippen molar-refractivity contribution in [2.75, 3.05) is 24.6 Å². The summed E-state index contributed by atoms with van der Waals surface area (Å²) in [6.45, 7) is 9.36. The van der Waals surface area contributed by atoms with Crippen molar-refractivity contribution in [2.45, 2.75) is 130 Å². The Hall–Kier alpha value is 0.430. The van der Waals surface area contributed by atoms with E-state index in [1.807, 2.05) is 40.9 Å². The number of unbranched alkanes of at least 4 members (excludes halogenated alkanes) is 12. The summed E-state index contributed by atoms with van der Waals surface area (Å²) < 4.78 is 0. The second-order valence-electron chi connectivity index (χ2n) is 10.5. The van der Waals surface area contributed by atoms with Crippen LogP contribution >= 0.6 is 15.8 Å². The molecule has 0 fully saturated rings. The van der Waals surface area contributed by atoms with Gasteiger partial charge in [-0.15, -0.1) is 26.5 Å². The summed E-state index contributed by atoms with van der Waals surface area (Å²) >= 11 is 0. The summed E-state index contributed by atoms with van der Waals surface area (Å²) in [6, 6.07) is 17.5. The molecule has 2 rings (SSSR count). The quantitative estimate of drug-likeness (QED) is 0.0494. The van der Waals surface area contributed by atoms with E-state index in [-0.39, 0.29) is 41.7 Å². The van der Waals surface area contributed by atoms with Gasteiger partial charge in [-0.2, -0.15) is 6.07 Å². The van der Waals surface area contributed by atoms with Gasteiger partial charge in [0.25, 0.3) is 0 Å². The summed E-state index contributed by atoms with van der Waals surface area (Å²) in [7, 11) is 0.135. The van der Waals surface area contributed by atoms with E-state index in [1.54, 1.807) is 0 Å². The first-order chi connectivity index (χ1) is 17.8. The monoisotopic (exact) mass is 710 g/mol. The van der Waals surface area contributed by atoms with Crippen LogP contribution in [0.2, 0.25) is 0 Å². The maximum atomic E-state index is 2.56. The van der Waals surface area contributed by atoms with Crippen LogP contribution in [0.25, 0.3) is 0 Å². The third-order valence-electron chi connectivity index (χ3n) is 7.13. The first-order valence-electron chi connectivity index (χ1n) is 15.7. The molecule has 3 heteroatoms. The molecule has 0 atom stereocenters. The van der Waals surface area contributed by atoms with Crippen LogP contribution in [0, 0.1) is 0 Å². The van der Waals surface area contributed by atoms with Crippen molar-refractivity contribution < 1.29 is 25.8 Å². The van der Waals surface area contributed by atoms with E-state index in [2.05, 4.69) is 45.9 Å². The zero-order valence-corrected chi connectivity index (χ0v) is 30.5. The van der Waals surface area contributed by atoms with Gasteiger partial charge in [-0.1, -0.05) is 105 Å². The van der Waals surface area contributed by atoms with E-state index >= 15 is 0 Å². The normalized spacial score (nSPS) is 11.0. The molecule has 0 aromatic heterocycles. The Morgan fingerprint density at radius 2 is 0.919 bits per heavy atom. The van der Waals surface area contributed by atoms with Gasteiger partial charge in [0.15, 0.2) is 0 Å². The molecule has 0 saturated carbocycles. The standard InChI is InChI=1S/C29H55P2.C5H5.Hf/c1-5-9-13-17-24-30(25-18-14-10-6-2)28-22-21-23-29(28)31(26-19-15-11-7-3)27-20-16-12-8-4;1-2-4-5-3-1;/h21-23H,5-20,24-27H2,1-4H3;1-5H;/q-1;-5;. The van der Waals surface area contributed by atoms with Crippen molar-refractivity contribution in [3.05, 3.63) is 48.5 Å². The predicted molar refractivity (Wildman–Crippen MR) is 173 cm³/mol. The maximum absolute atomic E-state index is 2.56. The summed E-state index contributed by atoms with van der Waals surface area (Å²) in [4.78, 5) is 0. The third kappa shape index (κ3) is 19.2. The van der Waals surface area contributed by atoms with E-state index in [4.69, 9.17) is 0 Å². The van der Waals surface area contributed by atoms with Gasteiger partial charge in [-0.3, -0.25) is 0 Å². The molecule has 0 aliphatic carbocycles. The van der Waals surface area contributed by atoms with Gasteiger partial charge in [0.2, 0.25) is 0 Å². The molecule has 0 bridgehead atoms.